The molecule has 2 nitrogen and oxygen atoms in total. The van der Waals surface area contributed by atoms with Crippen molar-refractivity contribution in [3.8, 4) is 0 Å². The monoisotopic (exact) mass is 305 g/mol. The smallest absolute Gasteiger partial charge is 0.227 e. The molecule has 1 amide bonds. The third kappa shape index (κ3) is 2.89. The molecular formula is C16H16ClNOS. The first-order valence-electron chi connectivity index (χ1n) is 6.80. The summed E-state index contributed by atoms with van der Waals surface area (Å²) in [6, 6.07) is 10.1. The zero-order valence-corrected chi connectivity index (χ0v) is 12.7. The number of halogens is 1. The summed E-state index contributed by atoms with van der Waals surface area (Å²) in [6.45, 7) is 0.857. The molecule has 3 rings (SSSR count). The van der Waals surface area contributed by atoms with Crippen LogP contribution in [0.5, 0.6) is 0 Å². The molecule has 1 aromatic heterocycles. The number of amides is 1. The van der Waals surface area contributed by atoms with E-state index in [9.17, 15) is 4.79 Å². The molecule has 0 saturated carbocycles. The Balaban J connectivity index is 1.75. The predicted octanol–water partition coefficient (Wildman–Crippen LogP) is 4.31. The van der Waals surface area contributed by atoms with Crippen LogP contribution in [0.25, 0.3) is 0 Å². The van der Waals surface area contributed by atoms with Crippen LogP contribution in [0.3, 0.4) is 0 Å². The van der Waals surface area contributed by atoms with E-state index in [-0.39, 0.29) is 11.9 Å². The number of benzene rings is 1. The number of carbonyl (C=O) groups is 1. The molecule has 1 unspecified atom stereocenters. The van der Waals surface area contributed by atoms with Crippen LogP contribution in [-0.2, 0) is 11.2 Å². The maximum Gasteiger partial charge on any atom is 0.227 e. The first kappa shape index (κ1) is 13.7. The molecule has 104 valence electrons. The second-order valence-corrected chi connectivity index (χ2v) is 6.32. The summed E-state index contributed by atoms with van der Waals surface area (Å²) in [4.78, 5) is 14.5. The van der Waals surface area contributed by atoms with Gasteiger partial charge in [-0.15, -0.1) is 0 Å². The molecule has 0 bridgehead atoms. The van der Waals surface area contributed by atoms with Gasteiger partial charge in [0.05, 0.1) is 12.5 Å². The number of hydrogen-bond acceptors (Lipinski definition) is 2. The highest BCUT2D eigenvalue weighted by atomic mass is 35.5. The average Bonchev–Trinajstić information content (AvgIpc) is 3.10. The Labute approximate surface area is 128 Å². The van der Waals surface area contributed by atoms with Crippen LogP contribution in [0.2, 0.25) is 5.02 Å². The van der Waals surface area contributed by atoms with Gasteiger partial charge in [0.1, 0.15) is 0 Å². The Hall–Kier alpha value is -1.32. The van der Waals surface area contributed by atoms with Gasteiger partial charge in [0, 0.05) is 11.6 Å². The number of likely N-dealkylation sites (tertiary alicyclic amines) is 1. The summed E-state index contributed by atoms with van der Waals surface area (Å²) in [6.07, 6.45) is 2.62. The largest absolute Gasteiger partial charge is 0.335 e. The molecule has 1 aliphatic heterocycles. The van der Waals surface area contributed by atoms with Crippen molar-refractivity contribution in [1.29, 1.82) is 0 Å². The molecule has 1 atom stereocenters. The van der Waals surface area contributed by atoms with Crippen molar-refractivity contribution in [3.63, 3.8) is 0 Å². The van der Waals surface area contributed by atoms with E-state index in [2.05, 4.69) is 0 Å². The minimum Gasteiger partial charge on any atom is -0.335 e. The molecule has 0 spiro atoms. The van der Waals surface area contributed by atoms with E-state index in [1.807, 2.05) is 46.0 Å². The van der Waals surface area contributed by atoms with Crippen molar-refractivity contribution >= 4 is 28.8 Å². The highest BCUT2D eigenvalue weighted by molar-refractivity contribution is 7.08. The quantitative estimate of drug-likeness (QED) is 0.827. The second-order valence-electron chi connectivity index (χ2n) is 5.11. The Morgan fingerprint density at radius 2 is 2.10 bits per heavy atom. The third-order valence-corrected chi connectivity index (χ3v) is 4.75. The van der Waals surface area contributed by atoms with Gasteiger partial charge in [-0.05, 0) is 52.9 Å². The van der Waals surface area contributed by atoms with Gasteiger partial charge in [-0.1, -0.05) is 23.7 Å². The Morgan fingerprint density at radius 3 is 2.80 bits per heavy atom. The predicted molar refractivity (Wildman–Crippen MR) is 83.2 cm³/mol. The van der Waals surface area contributed by atoms with Crippen LogP contribution in [0.4, 0.5) is 0 Å². The molecule has 1 saturated heterocycles. The first-order valence-corrected chi connectivity index (χ1v) is 8.12. The van der Waals surface area contributed by atoms with E-state index >= 15 is 0 Å². The highest BCUT2D eigenvalue weighted by Gasteiger charge is 2.29. The van der Waals surface area contributed by atoms with E-state index in [1.165, 1.54) is 5.56 Å². The molecule has 2 aromatic rings. The Morgan fingerprint density at radius 1 is 1.30 bits per heavy atom. The molecule has 1 aliphatic rings. The maximum atomic E-state index is 12.5. The van der Waals surface area contributed by atoms with Gasteiger partial charge in [0.25, 0.3) is 0 Å². The van der Waals surface area contributed by atoms with E-state index < -0.39 is 0 Å². The molecule has 0 aliphatic carbocycles. The lowest BCUT2D eigenvalue weighted by molar-refractivity contribution is -0.131. The molecular weight excluding hydrogens is 290 g/mol. The third-order valence-electron chi connectivity index (χ3n) is 3.76. The summed E-state index contributed by atoms with van der Waals surface area (Å²) < 4.78 is 0. The normalized spacial score (nSPS) is 18.4. The van der Waals surface area contributed by atoms with Crippen LogP contribution in [0, 0.1) is 0 Å². The van der Waals surface area contributed by atoms with Gasteiger partial charge in [-0.2, -0.15) is 11.3 Å². The fourth-order valence-electron chi connectivity index (χ4n) is 2.77. The summed E-state index contributed by atoms with van der Waals surface area (Å²) in [7, 11) is 0. The van der Waals surface area contributed by atoms with Gasteiger partial charge in [-0.3, -0.25) is 4.79 Å². The SMILES string of the molecule is O=C(Cc1ccsc1)N1CCCC1c1ccc(Cl)cc1. The first-order chi connectivity index (χ1) is 9.74. The molecule has 0 radical (unpaired) electrons. The lowest BCUT2D eigenvalue weighted by Crippen LogP contribution is -2.31. The summed E-state index contributed by atoms with van der Waals surface area (Å²) in [5, 5.41) is 4.80. The fourth-order valence-corrected chi connectivity index (χ4v) is 3.56. The highest BCUT2D eigenvalue weighted by Crippen LogP contribution is 2.33. The van der Waals surface area contributed by atoms with Crippen LogP contribution in [-0.4, -0.2) is 17.4 Å². The van der Waals surface area contributed by atoms with Gasteiger partial charge in [0.2, 0.25) is 5.91 Å². The van der Waals surface area contributed by atoms with Gasteiger partial charge in [0.15, 0.2) is 0 Å². The Kier molecular flexibility index (Phi) is 4.08. The van der Waals surface area contributed by atoms with Crippen LogP contribution in [0.1, 0.15) is 30.0 Å². The number of rotatable bonds is 3. The van der Waals surface area contributed by atoms with Crippen molar-refractivity contribution in [3.05, 3.63) is 57.2 Å². The van der Waals surface area contributed by atoms with Crippen LogP contribution < -0.4 is 0 Å². The molecule has 4 heteroatoms. The van der Waals surface area contributed by atoms with E-state index in [1.54, 1.807) is 11.3 Å². The molecule has 1 fully saturated rings. The number of carbonyl (C=O) groups excluding carboxylic acids is 1. The number of hydrogen-bond donors (Lipinski definition) is 0. The summed E-state index contributed by atoms with van der Waals surface area (Å²) in [5.74, 6) is 0.223. The van der Waals surface area contributed by atoms with Crippen LogP contribution >= 0.6 is 22.9 Å². The second kappa shape index (κ2) is 5.98. The Bertz CT molecular complexity index is 579. The molecule has 20 heavy (non-hydrogen) atoms. The number of thiophene rings is 1. The van der Waals surface area contributed by atoms with E-state index in [0.29, 0.717) is 6.42 Å². The summed E-state index contributed by atoms with van der Waals surface area (Å²) in [5.41, 5.74) is 2.30. The zero-order chi connectivity index (χ0) is 13.9. The van der Waals surface area contributed by atoms with Gasteiger partial charge >= 0.3 is 0 Å². The van der Waals surface area contributed by atoms with Crippen molar-refractivity contribution in [2.24, 2.45) is 0 Å². The molecule has 2 heterocycles. The molecule has 0 N–H and O–H groups in total. The summed E-state index contributed by atoms with van der Waals surface area (Å²) >= 11 is 7.57. The lowest BCUT2D eigenvalue weighted by Gasteiger charge is -2.25. The average molecular weight is 306 g/mol. The fraction of sp³-hybridized carbons (Fsp3) is 0.312. The maximum absolute atomic E-state index is 12.5. The van der Waals surface area contributed by atoms with Crippen LogP contribution in [0.15, 0.2) is 41.1 Å². The van der Waals surface area contributed by atoms with Crippen molar-refractivity contribution in [2.45, 2.75) is 25.3 Å². The van der Waals surface area contributed by atoms with Crippen molar-refractivity contribution in [2.75, 3.05) is 6.54 Å². The zero-order valence-electron chi connectivity index (χ0n) is 11.1. The molecule has 1 aromatic carbocycles. The van der Waals surface area contributed by atoms with Crippen molar-refractivity contribution in [1.82, 2.24) is 4.90 Å². The number of nitrogens with zero attached hydrogens (tertiary/aromatic N) is 1. The minimum atomic E-state index is 0.207. The standard InChI is InChI=1S/C16H16ClNOS/c17-14-5-3-13(4-6-14)15-2-1-8-18(15)16(19)10-12-7-9-20-11-12/h3-7,9,11,15H,1-2,8,10H2. The minimum absolute atomic E-state index is 0.207. The van der Waals surface area contributed by atoms with E-state index in [4.69, 9.17) is 11.6 Å². The van der Waals surface area contributed by atoms with Gasteiger partial charge < -0.3 is 4.90 Å². The lowest BCUT2D eigenvalue weighted by atomic mass is 10.0. The van der Waals surface area contributed by atoms with E-state index in [0.717, 1.165) is 30.0 Å². The van der Waals surface area contributed by atoms with Crippen molar-refractivity contribution < 1.29 is 4.79 Å². The van der Waals surface area contributed by atoms with Gasteiger partial charge in [-0.25, -0.2) is 0 Å². The topological polar surface area (TPSA) is 20.3 Å².